The molecule has 8 nitrogen and oxygen atoms in total. The average molecular weight is 472 g/mol. The van der Waals surface area contributed by atoms with Crippen LogP contribution in [0.25, 0.3) is 10.2 Å². The first kappa shape index (κ1) is 23.7. The number of thiazole rings is 1. The van der Waals surface area contributed by atoms with E-state index in [9.17, 15) is 14.9 Å². The first-order chi connectivity index (χ1) is 15.0. The largest absolute Gasteiger partial charge is 0.372 e. The molecule has 3 aromatic rings. The maximum Gasteiger partial charge on any atom is 0.293 e. The van der Waals surface area contributed by atoms with E-state index < -0.39 is 4.92 Å². The minimum Gasteiger partial charge on any atom is -0.372 e. The van der Waals surface area contributed by atoms with Crippen LogP contribution < -0.4 is 10.2 Å². The van der Waals surface area contributed by atoms with Crippen LogP contribution in [0.1, 0.15) is 26.3 Å². The number of nitrogens with zero attached hydrogens (tertiary/aromatic N) is 4. The van der Waals surface area contributed by atoms with E-state index in [-0.39, 0.29) is 17.1 Å². The number of benzene rings is 2. The summed E-state index contributed by atoms with van der Waals surface area (Å²) < 4.78 is 1.78. The van der Waals surface area contributed by atoms with Crippen LogP contribution in [0.2, 0.25) is 0 Å². The Morgan fingerprint density at radius 2 is 2.03 bits per heavy atom. The van der Waals surface area contributed by atoms with Gasteiger partial charge in [-0.05, 0) is 50.6 Å². The molecule has 0 spiro atoms. The lowest BCUT2D eigenvalue weighted by Crippen LogP contribution is -2.41. The number of fused-ring (bicyclic) bond motifs is 1. The van der Waals surface area contributed by atoms with Crippen LogP contribution in [0.15, 0.2) is 45.7 Å². The molecule has 0 bridgehead atoms. The van der Waals surface area contributed by atoms with Gasteiger partial charge < -0.3 is 10.2 Å². The zero-order valence-electron chi connectivity index (χ0n) is 18.6. The maximum atomic E-state index is 12.0. The van der Waals surface area contributed by atoms with Gasteiger partial charge in [0, 0.05) is 31.9 Å². The van der Waals surface area contributed by atoms with Crippen molar-refractivity contribution < 1.29 is 9.72 Å². The van der Waals surface area contributed by atoms with Gasteiger partial charge >= 0.3 is 0 Å². The fourth-order valence-electron chi connectivity index (χ4n) is 2.91. The molecule has 0 atom stereocenters. The molecule has 0 fully saturated rings. The van der Waals surface area contributed by atoms with Gasteiger partial charge in [0.1, 0.15) is 5.69 Å². The Kier molecular flexibility index (Phi) is 7.15. The lowest BCUT2D eigenvalue weighted by molar-refractivity contribution is -0.384. The van der Waals surface area contributed by atoms with E-state index in [0.29, 0.717) is 17.0 Å². The quantitative estimate of drug-likeness (QED) is 0.225. The van der Waals surface area contributed by atoms with Crippen molar-refractivity contribution in [3.05, 3.63) is 52.1 Å². The SMILES string of the molecule is CN(C)c1ccc(C=Nc2ccc3nc(SCC(=O)NC(C)(C)C)sc3c2)cc1[N+](=O)[O-]. The summed E-state index contributed by atoms with van der Waals surface area (Å²) in [5.74, 6) is 0.283. The summed E-state index contributed by atoms with van der Waals surface area (Å²) in [5.41, 5.74) is 2.54. The average Bonchev–Trinajstić information content (AvgIpc) is 3.11. The third kappa shape index (κ3) is 6.27. The molecule has 2 aromatic carbocycles. The fourth-order valence-corrected chi connectivity index (χ4v) is 4.81. The van der Waals surface area contributed by atoms with E-state index in [1.54, 1.807) is 37.3 Å². The summed E-state index contributed by atoms with van der Waals surface area (Å²) in [6.45, 7) is 5.85. The van der Waals surface area contributed by atoms with Crippen LogP contribution in [0.4, 0.5) is 17.1 Å². The van der Waals surface area contributed by atoms with Crippen LogP contribution in [0, 0.1) is 10.1 Å². The van der Waals surface area contributed by atoms with Crippen molar-refractivity contribution in [2.45, 2.75) is 30.6 Å². The number of carbonyl (C=O) groups excluding carboxylic acids is 1. The summed E-state index contributed by atoms with van der Waals surface area (Å²) in [7, 11) is 3.54. The Morgan fingerprint density at radius 3 is 2.69 bits per heavy atom. The summed E-state index contributed by atoms with van der Waals surface area (Å²) in [6, 6.07) is 10.7. The van der Waals surface area contributed by atoms with Crippen LogP contribution in [-0.2, 0) is 4.79 Å². The number of hydrogen-bond donors (Lipinski definition) is 1. The van der Waals surface area contributed by atoms with E-state index in [0.717, 1.165) is 20.2 Å². The van der Waals surface area contributed by atoms with Gasteiger partial charge in [-0.2, -0.15) is 0 Å². The summed E-state index contributed by atoms with van der Waals surface area (Å²) in [4.78, 5) is 33.7. The van der Waals surface area contributed by atoms with Crippen molar-refractivity contribution in [2.24, 2.45) is 4.99 Å². The smallest absolute Gasteiger partial charge is 0.293 e. The highest BCUT2D eigenvalue weighted by Gasteiger charge is 2.16. The molecule has 1 N–H and O–H groups in total. The molecule has 1 aromatic heterocycles. The van der Waals surface area contributed by atoms with E-state index in [1.165, 1.54) is 29.2 Å². The number of anilines is 1. The summed E-state index contributed by atoms with van der Waals surface area (Å²) in [6.07, 6.45) is 1.61. The van der Waals surface area contributed by atoms with Crippen molar-refractivity contribution in [1.82, 2.24) is 10.3 Å². The Labute approximate surface area is 194 Å². The molecule has 0 saturated heterocycles. The first-order valence-corrected chi connectivity index (χ1v) is 11.7. The standard InChI is InChI=1S/C22H25N5O3S2/c1-22(2,3)25-20(28)13-31-21-24-16-8-7-15(11-19(16)32-21)23-12-14-6-9-17(26(4)5)18(10-14)27(29)30/h6-12H,13H2,1-5H3,(H,25,28). The first-order valence-electron chi connectivity index (χ1n) is 9.86. The number of carbonyl (C=O) groups is 1. The highest BCUT2D eigenvalue weighted by atomic mass is 32.2. The van der Waals surface area contributed by atoms with Crippen LogP contribution in [-0.4, -0.2) is 47.4 Å². The van der Waals surface area contributed by atoms with Gasteiger partial charge in [0.25, 0.3) is 5.69 Å². The van der Waals surface area contributed by atoms with Crippen LogP contribution in [0.3, 0.4) is 0 Å². The van der Waals surface area contributed by atoms with E-state index >= 15 is 0 Å². The third-order valence-corrected chi connectivity index (χ3v) is 6.40. The minimum atomic E-state index is -0.392. The molecule has 10 heteroatoms. The van der Waals surface area contributed by atoms with Gasteiger partial charge in [-0.1, -0.05) is 17.8 Å². The molecular formula is C22H25N5O3S2. The van der Waals surface area contributed by atoms with E-state index in [4.69, 9.17) is 0 Å². The highest BCUT2D eigenvalue weighted by Crippen LogP contribution is 2.32. The van der Waals surface area contributed by atoms with Crippen molar-refractivity contribution >= 4 is 62.5 Å². The molecule has 0 saturated carbocycles. The molecule has 168 valence electrons. The lowest BCUT2D eigenvalue weighted by atomic mass is 10.1. The van der Waals surface area contributed by atoms with Crippen molar-refractivity contribution in [1.29, 1.82) is 0 Å². The highest BCUT2D eigenvalue weighted by molar-refractivity contribution is 8.01. The summed E-state index contributed by atoms with van der Waals surface area (Å²) >= 11 is 2.92. The number of thioether (sulfide) groups is 1. The number of rotatable bonds is 7. The second kappa shape index (κ2) is 9.66. The Balaban J connectivity index is 1.74. The van der Waals surface area contributed by atoms with Crippen molar-refractivity contribution in [3.8, 4) is 0 Å². The molecule has 3 rings (SSSR count). The van der Waals surface area contributed by atoms with Gasteiger partial charge in [-0.25, -0.2) is 4.98 Å². The predicted octanol–water partition coefficient (Wildman–Crippen LogP) is 5.03. The van der Waals surface area contributed by atoms with Gasteiger partial charge in [-0.15, -0.1) is 11.3 Å². The third-order valence-electron chi connectivity index (χ3n) is 4.23. The van der Waals surface area contributed by atoms with E-state index in [1.807, 2.05) is 39.0 Å². The maximum absolute atomic E-state index is 12.0. The minimum absolute atomic E-state index is 0.0265. The number of nitro groups is 1. The fraction of sp³-hybridized carbons (Fsp3) is 0.318. The van der Waals surface area contributed by atoms with Gasteiger partial charge in [0.2, 0.25) is 5.91 Å². The number of nitrogens with one attached hydrogen (secondary N) is 1. The molecule has 0 radical (unpaired) electrons. The topological polar surface area (TPSA) is 101 Å². The Bertz CT molecular complexity index is 1180. The van der Waals surface area contributed by atoms with Crippen LogP contribution >= 0.6 is 23.1 Å². The molecule has 0 aliphatic rings. The number of aromatic nitrogens is 1. The second-order valence-corrected chi connectivity index (χ2v) is 10.6. The Morgan fingerprint density at radius 1 is 1.28 bits per heavy atom. The molecule has 32 heavy (non-hydrogen) atoms. The number of nitro benzene ring substituents is 1. The predicted molar refractivity (Wildman–Crippen MR) is 133 cm³/mol. The van der Waals surface area contributed by atoms with Gasteiger partial charge in [0.05, 0.1) is 26.6 Å². The van der Waals surface area contributed by atoms with Crippen molar-refractivity contribution in [3.63, 3.8) is 0 Å². The summed E-state index contributed by atoms with van der Waals surface area (Å²) in [5, 5.41) is 14.3. The molecule has 0 aliphatic carbocycles. The molecule has 1 heterocycles. The van der Waals surface area contributed by atoms with E-state index in [2.05, 4.69) is 15.3 Å². The number of amides is 1. The monoisotopic (exact) mass is 471 g/mol. The van der Waals surface area contributed by atoms with Crippen LogP contribution in [0.5, 0.6) is 0 Å². The number of aliphatic imine (C=N–C) groups is 1. The molecular weight excluding hydrogens is 446 g/mol. The second-order valence-electron chi connectivity index (χ2n) is 8.38. The Hall–Kier alpha value is -2.98. The zero-order valence-corrected chi connectivity index (χ0v) is 20.2. The van der Waals surface area contributed by atoms with Crippen molar-refractivity contribution in [2.75, 3.05) is 24.7 Å². The zero-order chi connectivity index (χ0) is 23.5. The van der Waals surface area contributed by atoms with Gasteiger partial charge in [-0.3, -0.25) is 19.9 Å². The molecule has 0 aliphatic heterocycles. The molecule has 1 amide bonds. The normalized spacial score (nSPS) is 11.8. The lowest BCUT2D eigenvalue weighted by Gasteiger charge is -2.19. The number of hydrogen-bond acceptors (Lipinski definition) is 8. The van der Waals surface area contributed by atoms with Gasteiger partial charge in [0.15, 0.2) is 4.34 Å². The molecule has 0 unspecified atom stereocenters.